The predicted molar refractivity (Wildman–Crippen MR) is 52.1 cm³/mol. The van der Waals surface area contributed by atoms with Crippen molar-refractivity contribution in [2.24, 2.45) is 0 Å². The van der Waals surface area contributed by atoms with Crippen LogP contribution in [0.15, 0.2) is 23.8 Å². The Hall–Kier alpha value is -0.560. The normalized spacial score (nSPS) is 18.5. The Kier molecular flexibility index (Phi) is 3.54. The van der Waals surface area contributed by atoms with Gasteiger partial charge in [0.05, 0.1) is 12.2 Å². The maximum Gasteiger partial charge on any atom is 0.0822 e. The third-order valence-electron chi connectivity index (χ3n) is 1.98. The molecule has 0 aromatic rings. The molecule has 0 spiro atoms. The molecule has 68 valence electrons. The summed E-state index contributed by atoms with van der Waals surface area (Å²) in [5.74, 6) is 0. The maximum absolute atomic E-state index is 5.76. The van der Waals surface area contributed by atoms with E-state index in [0.717, 1.165) is 12.8 Å². The van der Waals surface area contributed by atoms with Gasteiger partial charge in [0.15, 0.2) is 0 Å². The second-order valence-electron chi connectivity index (χ2n) is 3.42. The van der Waals surface area contributed by atoms with E-state index in [9.17, 15) is 0 Å². The molecular weight excluding hydrogens is 148 g/mol. The number of ether oxygens (including phenoxy) is 1. The lowest BCUT2D eigenvalue weighted by Gasteiger charge is -2.19. The van der Waals surface area contributed by atoms with Crippen LogP contribution in [-0.4, -0.2) is 12.2 Å². The zero-order valence-corrected chi connectivity index (χ0v) is 8.21. The maximum atomic E-state index is 5.76. The van der Waals surface area contributed by atoms with Gasteiger partial charge in [-0.1, -0.05) is 25.2 Å². The van der Waals surface area contributed by atoms with Gasteiger partial charge < -0.3 is 4.74 Å². The van der Waals surface area contributed by atoms with E-state index < -0.39 is 0 Å². The van der Waals surface area contributed by atoms with Crippen LogP contribution in [0.1, 0.15) is 33.6 Å². The number of hydrogen-bond donors (Lipinski definition) is 0. The van der Waals surface area contributed by atoms with Gasteiger partial charge in [0.2, 0.25) is 0 Å². The minimum absolute atomic E-state index is 0.309. The minimum atomic E-state index is 0.309. The number of hydrogen-bond acceptors (Lipinski definition) is 1. The fourth-order valence-corrected chi connectivity index (χ4v) is 1.45. The number of rotatable bonds is 4. The summed E-state index contributed by atoms with van der Waals surface area (Å²) in [5.41, 5.74) is 1.35. The molecule has 0 fully saturated rings. The van der Waals surface area contributed by atoms with Crippen molar-refractivity contribution >= 4 is 0 Å². The molecule has 12 heavy (non-hydrogen) atoms. The second kappa shape index (κ2) is 4.46. The van der Waals surface area contributed by atoms with Crippen molar-refractivity contribution in [1.29, 1.82) is 0 Å². The Labute approximate surface area is 75.1 Å². The molecule has 1 rings (SSSR count). The van der Waals surface area contributed by atoms with Gasteiger partial charge in [0.1, 0.15) is 0 Å². The molecule has 1 atom stereocenters. The lowest BCUT2D eigenvalue weighted by Crippen LogP contribution is -2.18. The molecule has 0 aromatic heterocycles. The van der Waals surface area contributed by atoms with Crippen LogP contribution >= 0.6 is 0 Å². The Morgan fingerprint density at radius 2 is 2.25 bits per heavy atom. The molecule has 1 aliphatic carbocycles. The quantitative estimate of drug-likeness (QED) is 0.623. The van der Waals surface area contributed by atoms with Crippen molar-refractivity contribution in [2.45, 2.75) is 45.8 Å². The highest BCUT2D eigenvalue weighted by atomic mass is 16.5. The summed E-state index contributed by atoms with van der Waals surface area (Å²) in [4.78, 5) is 0. The van der Waals surface area contributed by atoms with E-state index in [4.69, 9.17) is 4.74 Å². The van der Waals surface area contributed by atoms with Crippen molar-refractivity contribution in [3.05, 3.63) is 23.8 Å². The first kappa shape index (κ1) is 9.53. The van der Waals surface area contributed by atoms with Crippen LogP contribution in [0.3, 0.4) is 0 Å². The van der Waals surface area contributed by atoms with Crippen molar-refractivity contribution in [3.63, 3.8) is 0 Å². The van der Waals surface area contributed by atoms with E-state index in [1.807, 2.05) is 0 Å². The number of allylic oxidation sites excluding steroid dienone is 2. The summed E-state index contributed by atoms with van der Waals surface area (Å²) < 4.78 is 5.76. The lowest BCUT2D eigenvalue weighted by molar-refractivity contribution is 0.0291. The molecule has 1 nitrogen and oxygen atoms in total. The molecule has 1 aliphatic rings. The third kappa shape index (κ3) is 2.49. The van der Waals surface area contributed by atoms with Gasteiger partial charge in [-0.05, 0) is 32.3 Å². The molecule has 0 aliphatic heterocycles. The zero-order chi connectivity index (χ0) is 8.97. The average Bonchev–Trinajstić information content (AvgIpc) is 2.51. The first-order valence-electron chi connectivity index (χ1n) is 4.76. The van der Waals surface area contributed by atoms with E-state index in [1.54, 1.807) is 0 Å². The Bertz CT molecular complexity index is 189. The van der Waals surface area contributed by atoms with Crippen LogP contribution in [0.5, 0.6) is 0 Å². The Morgan fingerprint density at radius 1 is 1.50 bits per heavy atom. The smallest absolute Gasteiger partial charge is 0.0822 e. The molecule has 0 aromatic carbocycles. The van der Waals surface area contributed by atoms with Crippen LogP contribution < -0.4 is 0 Å². The molecular formula is C11H18O. The molecule has 0 heterocycles. The molecule has 0 saturated heterocycles. The van der Waals surface area contributed by atoms with Gasteiger partial charge in [-0.15, -0.1) is 0 Å². The molecule has 0 amide bonds. The Morgan fingerprint density at radius 3 is 2.67 bits per heavy atom. The van der Waals surface area contributed by atoms with Crippen LogP contribution in [0.2, 0.25) is 0 Å². The fourth-order valence-electron chi connectivity index (χ4n) is 1.45. The summed E-state index contributed by atoms with van der Waals surface area (Å²) in [7, 11) is 0. The van der Waals surface area contributed by atoms with E-state index in [0.29, 0.717) is 12.2 Å². The highest BCUT2D eigenvalue weighted by Gasteiger charge is 2.13. The Balaban J connectivity index is 2.49. The standard InChI is InChI=1S/C11H18O/c1-4-11(12-9(2)3)10-7-5-6-8-10/h5,7-9,11H,4,6H2,1-3H3. The fraction of sp³-hybridized carbons (Fsp3) is 0.636. The second-order valence-corrected chi connectivity index (χ2v) is 3.42. The van der Waals surface area contributed by atoms with Gasteiger partial charge in [0, 0.05) is 0 Å². The van der Waals surface area contributed by atoms with Crippen molar-refractivity contribution in [1.82, 2.24) is 0 Å². The van der Waals surface area contributed by atoms with Gasteiger partial charge in [-0.25, -0.2) is 0 Å². The molecule has 0 bridgehead atoms. The van der Waals surface area contributed by atoms with E-state index in [2.05, 4.69) is 39.0 Å². The van der Waals surface area contributed by atoms with Crippen molar-refractivity contribution < 1.29 is 4.74 Å². The van der Waals surface area contributed by atoms with Gasteiger partial charge in [-0.3, -0.25) is 0 Å². The van der Waals surface area contributed by atoms with Gasteiger partial charge in [-0.2, -0.15) is 0 Å². The predicted octanol–water partition coefficient (Wildman–Crippen LogP) is 3.08. The van der Waals surface area contributed by atoms with Crippen molar-refractivity contribution in [3.8, 4) is 0 Å². The van der Waals surface area contributed by atoms with Gasteiger partial charge in [0.25, 0.3) is 0 Å². The SMILES string of the molecule is CCC(OC(C)C)C1=CCC=C1. The van der Waals surface area contributed by atoms with E-state index in [-0.39, 0.29) is 0 Å². The molecule has 1 unspecified atom stereocenters. The van der Waals surface area contributed by atoms with E-state index >= 15 is 0 Å². The van der Waals surface area contributed by atoms with Gasteiger partial charge >= 0.3 is 0 Å². The van der Waals surface area contributed by atoms with E-state index in [1.165, 1.54) is 5.57 Å². The van der Waals surface area contributed by atoms with Crippen LogP contribution in [-0.2, 0) is 4.74 Å². The minimum Gasteiger partial charge on any atom is -0.371 e. The van der Waals surface area contributed by atoms with Crippen LogP contribution in [0.4, 0.5) is 0 Å². The molecule has 0 N–H and O–H groups in total. The zero-order valence-electron chi connectivity index (χ0n) is 8.21. The highest BCUT2D eigenvalue weighted by molar-refractivity contribution is 5.29. The summed E-state index contributed by atoms with van der Waals surface area (Å²) in [6.07, 6.45) is 9.38. The van der Waals surface area contributed by atoms with Crippen molar-refractivity contribution in [2.75, 3.05) is 0 Å². The van der Waals surface area contributed by atoms with Crippen LogP contribution in [0, 0.1) is 0 Å². The first-order valence-corrected chi connectivity index (χ1v) is 4.76. The largest absolute Gasteiger partial charge is 0.371 e. The molecule has 0 radical (unpaired) electrons. The molecule has 1 heteroatoms. The lowest BCUT2D eigenvalue weighted by atomic mass is 10.1. The summed E-state index contributed by atoms with van der Waals surface area (Å²) in [6, 6.07) is 0. The third-order valence-corrected chi connectivity index (χ3v) is 1.98. The molecule has 0 saturated carbocycles. The summed E-state index contributed by atoms with van der Waals surface area (Å²) >= 11 is 0. The summed E-state index contributed by atoms with van der Waals surface area (Å²) in [5, 5.41) is 0. The average molecular weight is 166 g/mol. The highest BCUT2D eigenvalue weighted by Crippen LogP contribution is 2.19. The monoisotopic (exact) mass is 166 g/mol. The van der Waals surface area contributed by atoms with Crippen LogP contribution in [0.25, 0.3) is 0 Å². The topological polar surface area (TPSA) is 9.23 Å². The first-order chi connectivity index (χ1) is 5.74. The summed E-state index contributed by atoms with van der Waals surface area (Å²) in [6.45, 7) is 6.34.